The van der Waals surface area contributed by atoms with Gasteiger partial charge in [-0.25, -0.2) is 13.2 Å². The Morgan fingerprint density at radius 2 is 1.30 bits per heavy atom. The Morgan fingerprint density at radius 1 is 0.682 bits per heavy atom. The van der Waals surface area contributed by atoms with Crippen LogP contribution < -0.4 is 0 Å². The predicted octanol–water partition coefficient (Wildman–Crippen LogP) is 11.5. The van der Waals surface area contributed by atoms with Gasteiger partial charge < -0.3 is 4.74 Å². The molecular formula is C38H39F5O. The Hall–Kier alpha value is -3.51. The average molecular weight is 607 g/mol. The van der Waals surface area contributed by atoms with E-state index in [1.807, 2.05) is 13.0 Å². The van der Waals surface area contributed by atoms with E-state index in [-0.39, 0.29) is 28.4 Å². The molecule has 1 aliphatic rings. The van der Waals surface area contributed by atoms with Crippen LogP contribution in [0.25, 0.3) is 22.3 Å². The summed E-state index contributed by atoms with van der Waals surface area (Å²) >= 11 is 0. The lowest BCUT2D eigenvalue weighted by Crippen LogP contribution is -2.29. The van der Waals surface area contributed by atoms with Crippen molar-refractivity contribution < 1.29 is 26.7 Å². The van der Waals surface area contributed by atoms with Crippen LogP contribution in [-0.4, -0.2) is 6.10 Å². The Bertz CT molecular complexity index is 1550. The van der Waals surface area contributed by atoms with E-state index in [4.69, 9.17) is 4.74 Å². The summed E-state index contributed by atoms with van der Waals surface area (Å²) in [7, 11) is 0. The Labute approximate surface area is 257 Å². The minimum Gasteiger partial charge on any atom is -0.313 e. The van der Waals surface area contributed by atoms with Gasteiger partial charge in [-0.15, -0.1) is 0 Å². The van der Waals surface area contributed by atoms with Crippen LogP contribution >= 0.6 is 0 Å². The minimum atomic E-state index is -3.37. The van der Waals surface area contributed by atoms with E-state index in [2.05, 4.69) is 6.92 Å². The van der Waals surface area contributed by atoms with E-state index in [0.717, 1.165) is 36.8 Å². The first-order valence-electron chi connectivity index (χ1n) is 15.7. The van der Waals surface area contributed by atoms with Gasteiger partial charge in [-0.1, -0.05) is 87.4 Å². The molecule has 1 aliphatic carbocycles. The van der Waals surface area contributed by atoms with Gasteiger partial charge in [0, 0.05) is 11.1 Å². The number of halogens is 5. The fourth-order valence-corrected chi connectivity index (χ4v) is 6.17. The zero-order valence-electron chi connectivity index (χ0n) is 25.3. The zero-order valence-corrected chi connectivity index (χ0v) is 25.3. The van der Waals surface area contributed by atoms with E-state index in [9.17, 15) is 13.2 Å². The molecule has 4 aromatic carbocycles. The molecule has 232 valence electrons. The standard InChI is InChI=1S/C38H39F5O/c1-3-5-6-7-25-8-16-31(17-9-25)38(42,43)44-32-18-12-27(13-19-32)28-14-20-33(36(40)22-28)30-15-21-34(37(41)24-30)29-11-10-26(4-2)35(39)23-29/h8-11,14-17,20-24,27,32H,3-7,12-13,18-19H2,1-2H3. The van der Waals surface area contributed by atoms with E-state index < -0.39 is 23.8 Å². The van der Waals surface area contributed by atoms with Crippen LogP contribution in [-0.2, 0) is 23.7 Å². The van der Waals surface area contributed by atoms with Crippen LogP contribution in [0.2, 0.25) is 0 Å². The lowest BCUT2D eigenvalue weighted by Gasteiger charge is -2.31. The minimum absolute atomic E-state index is 0.0227. The largest absolute Gasteiger partial charge is 0.383 e. The summed E-state index contributed by atoms with van der Waals surface area (Å²) in [6, 6.07) is 20.4. The third-order valence-electron chi connectivity index (χ3n) is 8.84. The van der Waals surface area contributed by atoms with Gasteiger partial charge in [0.25, 0.3) is 0 Å². The Balaban J connectivity index is 1.20. The molecule has 0 unspecified atom stereocenters. The molecule has 0 heterocycles. The molecular weight excluding hydrogens is 567 g/mol. The summed E-state index contributed by atoms with van der Waals surface area (Å²) in [4.78, 5) is 0. The summed E-state index contributed by atoms with van der Waals surface area (Å²) < 4.78 is 79.8. The number of hydrogen-bond donors (Lipinski definition) is 0. The molecule has 1 nitrogen and oxygen atoms in total. The molecule has 0 radical (unpaired) electrons. The first kappa shape index (κ1) is 31.9. The third kappa shape index (κ3) is 7.40. The molecule has 0 amide bonds. The van der Waals surface area contributed by atoms with Crippen LogP contribution in [0.1, 0.15) is 87.0 Å². The number of aryl methyl sites for hydroxylation is 2. The quantitative estimate of drug-likeness (QED) is 0.122. The highest BCUT2D eigenvalue weighted by atomic mass is 19.3. The maximum absolute atomic E-state index is 15.3. The van der Waals surface area contributed by atoms with Crippen molar-refractivity contribution in [3.8, 4) is 22.3 Å². The number of unbranched alkanes of at least 4 members (excludes halogenated alkanes) is 2. The van der Waals surface area contributed by atoms with E-state index >= 15 is 8.78 Å². The fourth-order valence-electron chi connectivity index (χ4n) is 6.17. The van der Waals surface area contributed by atoms with Gasteiger partial charge in [-0.3, -0.25) is 0 Å². The van der Waals surface area contributed by atoms with Crippen LogP contribution in [0.5, 0.6) is 0 Å². The SMILES string of the molecule is CCCCCc1ccc(C(F)(F)OC2CCC(c3ccc(-c4ccc(-c5ccc(CC)c(F)c5)c(F)c4)c(F)c3)CC2)cc1. The highest BCUT2D eigenvalue weighted by Gasteiger charge is 2.37. The Morgan fingerprint density at radius 3 is 1.89 bits per heavy atom. The van der Waals surface area contributed by atoms with Crippen molar-refractivity contribution in [3.05, 3.63) is 119 Å². The molecule has 44 heavy (non-hydrogen) atoms. The van der Waals surface area contributed by atoms with Crippen LogP contribution in [0.4, 0.5) is 22.0 Å². The monoisotopic (exact) mass is 606 g/mol. The van der Waals surface area contributed by atoms with Gasteiger partial charge in [-0.2, -0.15) is 8.78 Å². The highest BCUT2D eigenvalue weighted by Crippen LogP contribution is 2.40. The number of rotatable bonds is 11. The molecule has 5 rings (SSSR count). The van der Waals surface area contributed by atoms with Crippen molar-refractivity contribution >= 4 is 0 Å². The molecule has 6 heteroatoms. The molecule has 1 saturated carbocycles. The predicted molar refractivity (Wildman–Crippen MR) is 166 cm³/mol. The molecule has 0 aliphatic heterocycles. The first-order chi connectivity index (χ1) is 21.2. The number of ether oxygens (including phenoxy) is 1. The van der Waals surface area contributed by atoms with Gasteiger partial charge in [0.1, 0.15) is 17.5 Å². The molecule has 1 fully saturated rings. The van der Waals surface area contributed by atoms with Gasteiger partial charge in [0.2, 0.25) is 0 Å². The second-order valence-corrected chi connectivity index (χ2v) is 11.9. The van der Waals surface area contributed by atoms with Gasteiger partial charge in [0.15, 0.2) is 0 Å². The van der Waals surface area contributed by atoms with Gasteiger partial charge >= 0.3 is 6.11 Å². The summed E-state index contributed by atoms with van der Waals surface area (Å²) in [6.45, 7) is 3.98. The maximum Gasteiger partial charge on any atom is 0.383 e. The van der Waals surface area contributed by atoms with Crippen molar-refractivity contribution in [3.63, 3.8) is 0 Å². The lowest BCUT2D eigenvalue weighted by molar-refractivity contribution is -0.277. The van der Waals surface area contributed by atoms with Gasteiger partial charge in [-0.05, 0) is 96.9 Å². The van der Waals surface area contributed by atoms with Crippen molar-refractivity contribution in [2.75, 3.05) is 0 Å². The van der Waals surface area contributed by atoms with Crippen molar-refractivity contribution in [2.45, 2.75) is 89.8 Å². The summed E-state index contributed by atoms with van der Waals surface area (Å²) in [6.07, 6.45) is 2.86. The number of alkyl halides is 2. The van der Waals surface area contributed by atoms with Crippen molar-refractivity contribution in [2.24, 2.45) is 0 Å². The molecule has 0 bridgehead atoms. The molecule has 0 saturated heterocycles. The zero-order chi connectivity index (χ0) is 31.3. The van der Waals surface area contributed by atoms with Crippen LogP contribution in [0.15, 0.2) is 78.9 Å². The van der Waals surface area contributed by atoms with Crippen LogP contribution in [0, 0.1) is 17.5 Å². The van der Waals surface area contributed by atoms with Gasteiger partial charge in [0.05, 0.1) is 11.7 Å². The summed E-state index contributed by atoms with van der Waals surface area (Å²) in [5, 5.41) is 0. The first-order valence-corrected chi connectivity index (χ1v) is 15.7. The van der Waals surface area contributed by atoms with E-state index in [1.54, 1.807) is 36.4 Å². The number of benzene rings is 4. The number of hydrogen-bond acceptors (Lipinski definition) is 1. The van der Waals surface area contributed by atoms with E-state index in [0.29, 0.717) is 48.8 Å². The van der Waals surface area contributed by atoms with Crippen molar-refractivity contribution in [1.29, 1.82) is 0 Å². The summed E-state index contributed by atoms with van der Waals surface area (Å²) in [5.74, 6) is -1.40. The molecule has 4 aromatic rings. The van der Waals surface area contributed by atoms with Crippen molar-refractivity contribution in [1.82, 2.24) is 0 Å². The molecule has 0 N–H and O–H groups in total. The van der Waals surface area contributed by atoms with E-state index in [1.165, 1.54) is 36.4 Å². The molecule has 0 aromatic heterocycles. The van der Waals surface area contributed by atoms with Crippen LogP contribution in [0.3, 0.4) is 0 Å². The highest BCUT2D eigenvalue weighted by molar-refractivity contribution is 5.71. The summed E-state index contributed by atoms with van der Waals surface area (Å²) in [5.41, 5.74) is 3.58. The Kier molecular flexibility index (Phi) is 10.2. The third-order valence-corrected chi connectivity index (χ3v) is 8.84. The second-order valence-electron chi connectivity index (χ2n) is 11.9. The normalized spacial score (nSPS) is 17.2. The molecule has 0 spiro atoms. The molecule has 0 atom stereocenters. The maximum atomic E-state index is 15.3. The lowest BCUT2D eigenvalue weighted by atomic mass is 9.82. The topological polar surface area (TPSA) is 9.23 Å². The fraction of sp³-hybridized carbons (Fsp3) is 0.368. The average Bonchev–Trinajstić information content (AvgIpc) is 3.01. The smallest absolute Gasteiger partial charge is 0.313 e. The second kappa shape index (κ2) is 14.1.